The van der Waals surface area contributed by atoms with E-state index in [2.05, 4.69) is 46.8 Å². The van der Waals surface area contributed by atoms with Gasteiger partial charge in [-0.2, -0.15) is 0 Å². The second-order valence-electron chi connectivity index (χ2n) is 4.82. The monoisotopic (exact) mass is 168 g/mol. The van der Waals surface area contributed by atoms with Crippen molar-refractivity contribution in [3.63, 3.8) is 0 Å². The predicted octanol–water partition coefficient (Wildman–Crippen LogP) is 4.42. The zero-order valence-corrected chi connectivity index (χ0v) is 9.35. The summed E-state index contributed by atoms with van der Waals surface area (Å²) >= 11 is 0. The molecule has 0 aromatic rings. The minimum atomic E-state index is 0.494. The number of hydrogen-bond acceptors (Lipinski definition) is 0. The molecule has 0 bridgehead atoms. The molecule has 0 heterocycles. The Labute approximate surface area is 78.1 Å². The first-order valence-corrected chi connectivity index (χ1v) is 5.13. The third kappa shape index (κ3) is 6.45. The van der Waals surface area contributed by atoms with Gasteiger partial charge >= 0.3 is 0 Å². The predicted molar refractivity (Wildman–Crippen MR) is 57.3 cm³/mol. The normalized spacial score (nSPS) is 13.2. The number of allylic oxidation sites excluding steroid dienone is 2. The van der Waals surface area contributed by atoms with Crippen molar-refractivity contribution in [3.8, 4) is 0 Å². The van der Waals surface area contributed by atoms with Gasteiger partial charge in [0.15, 0.2) is 0 Å². The van der Waals surface area contributed by atoms with Crippen molar-refractivity contribution < 1.29 is 0 Å². The highest BCUT2D eigenvalue weighted by molar-refractivity contribution is 4.87. The van der Waals surface area contributed by atoms with E-state index in [4.69, 9.17) is 0 Å². The van der Waals surface area contributed by atoms with E-state index in [1.807, 2.05) is 0 Å². The Morgan fingerprint density at radius 1 is 1.17 bits per heavy atom. The van der Waals surface area contributed by atoms with Crippen LogP contribution >= 0.6 is 0 Å². The summed E-state index contributed by atoms with van der Waals surface area (Å²) in [6, 6.07) is 0. The summed E-state index contributed by atoms with van der Waals surface area (Å²) in [5.41, 5.74) is 0.494. The molecular weight excluding hydrogens is 144 g/mol. The van der Waals surface area contributed by atoms with Crippen LogP contribution in [0.15, 0.2) is 12.2 Å². The summed E-state index contributed by atoms with van der Waals surface area (Å²) in [6.07, 6.45) is 8.36. The van der Waals surface area contributed by atoms with Crippen LogP contribution in [-0.2, 0) is 0 Å². The van der Waals surface area contributed by atoms with E-state index in [-0.39, 0.29) is 0 Å². The number of hydrogen-bond donors (Lipinski definition) is 0. The molecule has 0 radical (unpaired) electrons. The Bertz CT molecular complexity index is 129. The fourth-order valence-electron chi connectivity index (χ4n) is 0.915. The maximum absolute atomic E-state index is 2.34. The van der Waals surface area contributed by atoms with Crippen LogP contribution in [0.25, 0.3) is 0 Å². The summed E-state index contributed by atoms with van der Waals surface area (Å²) in [7, 11) is 0. The van der Waals surface area contributed by atoms with Gasteiger partial charge in [0.1, 0.15) is 0 Å². The van der Waals surface area contributed by atoms with Crippen LogP contribution in [0.4, 0.5) is 0 Å². The highest BCUT2D eigenvalue weighted by atomic mass is 14.2. The van der Waals surface area contributed by atoms with Crippen LogP contribution in [0.3, 0.4) is 0 Å². The molecule has 0 atom stereocenters. The molecule has 0 aromatic heterocycles. The van der Waals surface area contributed by atoms with Gasteiger partial charge in [-0.3, -0.25) is 0 Å². The minimum Gasteiger partial charge on any atom is -0.0883 e. The van der Waals surface area contributed by atoms with Gasteiger partial charge in [0.25, 0.3) is 0 Å². The first-order chi connectivity index (χ1) is 5.48. The van der Waals surface area contributed by atoms with E-state index in [0.717, 1.165) is 5.92 Å². The Morgan fingerprint density at radius 2 is 1.75 bits per heavy atom. The van der Waals surface area contributed by atoms with Crippen LogP contribution in [0.1, 0.15) is 53.9 Å². The van der Waals surface area contributed by atoms with Crippen LogP contribution < -0.4 is 0 Å². The smallest absolute Gasteiger partial charge is 0.0299 e. The van der Waals surface area contributed by atoms with E-state index in [1.54, 1.807) is 0 Å². The van der Waals surface area contributed by atoms with Crippen molar-refractivity contribution in [2.45, 2.75) is 53.9 Å². The molecule has 0 aliphatic carbocycles. The Kier molecular flexibility index (Phi) is 5.28. The molecular formula is C12H24. The average Bonchev–Trinajstić information content (AvgIpc) is 1.98. The summed E-state index contributed by atoms with van der Waals surface area (Å²) in [6.45, 7) is 11.4. The van der Waals surface area contributed by atoms with Crippen molar-refractivity contribution in [2.24, 2.45) is 11.3 Å². The summed E-state index contributed by atoms with van der Waals surface area (Å²) < 4.78 is 0. The lowest BCUT2D eigenvalue weighted by atomic mass is 9.86. The summed E-state index contributed by atoms with van der Waals surface area (Å²) in [5, 5.41) is 0. The molecule has 0 spiro atoms. The molecule has 0 nitrogen and oxygen atoms in total. The van der Waals surface area contributed by atoms with Gasteiger partial charge in [0.2, 0.25) is 0 Å². The maximum Gasteiger partial charge on any atom is -0.0299 e. The molecule has 0 aliphatic heterocycles. The fourth-order valence-corrected chi connectivity index (χ4v) is 0.915. The van der Waals surface area contributed by atoms with E-state index >= 15 is 0 Å². The molecule has 0 saturated heterocycles. The Morgan fingerprint density at radius 3 is 2.17 bits per heavy atom. The molecule has 0 saturated carbocycles. The van der Waals surface area contributed by atoms with E-state index in [9.17, 15) is 0 Å². The molecule has 0 amide bonds. The molecule has 0 heteroatoms. The maximum atomic E-state index is 2.34. The van der Waals surface area contributed by atoms with Crippen molar-refractivity contribution in [1.82, 2.24) is 0 Å². The van der Waals surface area contributed by atoms with Crippen molar-refractivity contribution in [1.29, 1.82) is 0 Å². The molecule has 0 aromatic carbocycles. The van der Waals surface area contributed by atoms with Gasteiger partial charge in [-0.25, -0.2) is 0 Å². The largest absolute Gasteiger partial charge is 0.0883 e. The molecule has 0 aliphatic rings. The molecule has 0 fully saturated rings. The molecule has 12 heavy (non-hydrogen) atoms. The highest BCUT2D eigenvalue weighted by Crippen LogP contribution is 2.24. The lowest BCUT2D eigenvalue weighted by Gasteiger charge is -2.19. The van der Waals surface area contributed by atoms with E-state index in [0.29, 0.717) is 5.41 Å². The molecule has 0 unspecified atom stereocenters. The van der Waals surface area contributed by atoms with Gasteiger partial charge in [0, 0.05) is 0 Å². The van der Waals surface area contributed by atoms with Gasteiger partial charge < -0.3 is 0 Å². The first kappa shape index (κ1) is 11.7. The lowest BCUT2D eigenvalue weighted by molar-refractivity contribution is 0.356. The molecule has 0 N–H and O–H groups in total. The van der Waals surface area contributed by atoms with Gasteiger partial charge in [-0.05, 0) is 24.2 Å². The topological polar surface area (TPSA) is 0 Å². The van der Waals surface area contributed by atoms with Crippen LogP contribution in [0.5, 0.6) is 0 Å². The van der Waals surface area contributed by atoms with E-state index in [1.165, 1.54) is 19.3 Å². The fraction of sp³-hybridized carbons (Fsp3) is 0.833. The second kappa shape index (κ2) is 5.40. The van der Waals surface area contributed by atoms with Crippen molar-refractivity contribution in [3.05, 3.63) is 12.2 Å². The first-order valence-electron chi connectivity index (χ1n) is 5.13. The van der Waals surface area contributed by atoms with E-state index < -0.39 is 0 Å². The molecule has 0 rings (SSSR count). The number of rotatable bonds is 5. The highest BCUT2D eigenvalue weighted by Gasteiger charge is 2.11. The van der Waals surface area contributed by atoms with Crippen LogP contribution in [0, 0.1) is 11.3 Å². The third-order valence-electron chi connectivity index (χ3n) is 2.40. The second-order valence-corrected chi connectivity index (χ2v) is 4.82. The average molecular weight is 168 g/mol. The Balaban J connectivity index is 3.60. The van der Waals surface area contributed by atoms with Crippen molar-refractivity contribution >= 4 is 0 Å². The van der Waals surface area contributed by atoms with Crippen LogP contribution in [0.2, 0.25) is 0 Å². The quantitative estimate of drug-likeness (QED) is 0.533. The standard InChI is InChI=1S/C12H24/c1-6-12(4,5)10-8-7-9-11(2)3/h7-8,11H,6,9-10H2,1-5H3/b8-7+. The third-order valence-corrected chi connectivity index (χ3v) is 2.40. The minimum absolute atomic E-state index is 0.494. The molecule has 72 valence electrons. The van der Waals surface area contributed by atoms with Crippen LogP contribution in [-0.4, -0.2) is 0 Å². The summed E-state index contributed by atoms with van der Waals surface area (Å²) in [4.78, 5) is 0. The van der Waals surface area contributed by atoms with Gasteiger partial charge in [-0.1, -0.05) is 53.2 Å². The zero-order chi connectivity index (χ0) is 9.61. The summed E-state index contributed by atoms with van der Waals surface area (Å²) in [5.74, 6) is 0.797. The Hall–Kier alpha value is -0.260. The lowest BCUT2D eigenvalue weighted by Crippen LogP contribution is -2.07. The van der Waals surface area contributed by atoms with Gasteiger partial charge in [-0.15, -0.1) is 0 Å². The SMILES string of the molecule is CCC(C)(C)C/C=C/CC(C)C. The van der Waals surface area contributed by atoms with Crippen molar-refractivity contribution in [2.75, 3.05) is 0 Å². The zero-order valence-electron chi connectivity index (χ0n) is 9.35. The van der Waals surface area contributed by atoms with Gasteiger partial charge in [0.05, 0.1) is 0 Å².